The number of methoxy groups -OCH3 is 1. The lowest BCUT2D eigenvalue weighted by Crippen LogP contribution is -2.28. The molecule has 0 saturated carbocycles. The normalized spacial score (nSPS) is 13.7. The van der Waals surface area contributed by atoms with Gasteiger partial charge in [0.2, 0.25) is 0 Å². The van der Waals surface area contributed by atoms with Crippen LogP contribution >= 0.6 is 11.3 Å². The molecule has 1 aromatic heterocycles. The van der Waals surface area contributed by atoms with Crippen molar-refractivity contribution in [3.63, 3.8) is 0 Å². The number of ether oxygens (including phenoxy) is 1. The number of rotatable bonds is 6. The number of hydrogen-bond donors (Lipinski definition) is 2. The number of sulfonamides is 1. The van der Waals surface area contributed by atoms with Crippen LogP contribution in [-0.2, 0) is 10.0 Å². The van der Waals surface area contributed by atoms with Crippen molar-refractivity contribution in [1.29, 1.82) is 0 Å². The smallest absolute Gasteiger partial charge is 0.253 e. The van der Waals surface area contributed by atoms with E-state index in [1.807, 2.05) is 6.92 Å². The monoisotopic (exact) mass is 264 g/mol. The first-order chi connectivity index (χ1) is 7.47. The third-order valence-corrected chi connectivity index (χ3v) is 4.86. The highest BCUT2D eigenvalue weighted by molar-refractivity contribution is 7.91. The number of hydrogen-bond acceptors (Lipinski definition) is 5. The second kappa shape index (κ2) is 5.62. The van der Waals surface area contributed by atoms with Gasteiger partial charge in [0.1, 0.15) is 5.75 Å². The Labute approximate surface area is 99.7 Å². The van der Waals surface area contributed by atoms with E-state index in [4.69, 9.17) is 10.5 Å². The summed E-state index contributed by atoms with van der Waals surface area (Å²) in [4.78, 5) is 0. The van der Waals surface area contributed by atoms with Crippen LogP contribution in [0.4, 0.5) is 0 Å². The van der Waals surface area contributed by atoms with Crippen LogP contribution in [0.15, 0.2) is 15.7 Å². The van der Waals surface area contributed by atoms with Crippen molar-refractivity contribution in [2.24, 2.45) is 5.73 Å². The van der Waals surface area contributed by atoms with Gasteiger partial charge in [-0.05, 0) is 24.8 Å². The molecule has 0 amide bonds. The van der Waals surface area contributed by atoms with Gasteiger partial charge in [-0.15, -0.1) is 11.3 Å². The standard InChI is InChI=1S/C9H16N2O3S2/c1-7(10)3-5-11-16(12,13)9-8(14-2)4-6-15-9/h4,6-7,11H,3,5,10H2,1-2H3. The first kappa shape index (κ1) is 13.4. The van der Waals surface area contributed by atoms with Gasteiger partial charge < -0.3 is 10.5 Å². The predicted octanol–water partition coefficient (Wildman–Crippen LogP) is 0.772. The molecular formula is C9H16N2O3S2. The van der Waals surface area contributed by atoms with Crippen molar-refractivity contribution in [2.45, 2.75) is 23.6 Å². The van der Waals surface area contributed by atoms with E-state index in [1.54, 1.807) is 11.4 Å². The van der Waals surface area contributed by atoms with Crippen LogP contribution in [0.5, 0.6) is 5.75 Å². The Kier molecular flexibility index (Phi) is 4.72. The van der Waals surface area contributed by atoms with E-state index in [1.165, 1.54) is 7.11 Å². The SMILES string of the molecule is COc1ccsc1S(=O)(=O)NCCC(C)N. The van der Waals surface area contributed by atoms with Crippen molar-refractivity contribution in [3.05, 3.63) is 11.4 Å². The van der Waals surface area contributed by atoms with Gasteiger partial charge in [-0.3, -0.25) is 0 Å². The van der Waals surface area contributed by atoms with Crippen LogP contribution in [0.2, 0.25) is 0 Å². The Morgan fingerprint density at radius 1 is 1.62 bits per heavy atom. The molecule has 3 N–H and O–H groups in total. The van der Waals surface area contributed by atoms with E-state index in [2.05, 4.69) is 4.72 Å². The maximum absolute atomic E-state index is 11.8. The summed E-state index contributed by atoms with van der Waals surface area (Å²) in [5.74, 6) is 0.373. The number of thiophene rings is 1. The van der Waals surface area contributed by atoms with E-state index in [0.717, 1.165) is 11.3 Å². The molecule has 7 heteroatoms. The van der Waals surface area contributed by atoms with Gasteiger partial charge in [0, 0.05) is 12.6 Å². The third-order valence-electron chi connectivity index (χ3n) is 1.95. The van der Waals surface area contributed by atoms with E-state index < -0.39 is 10.0 Å². The Morgan fingerprint density at radius 2 is 2.31 bits per heavy atom. The molecule has 1 unspecified atom stereocenters. The Morgan fingerprint density at radius 3 is 2.88 bits per heavy atom. The zero-order valence-corrected chi connectivity index (χ0v) is 10.9. The molecule has 1 rings (SSSR count). The molecule has 5 nitrogen and oxygen atoms in total. The molecule has 1 atom stereocenters. The van der Waals surface area contributed by atoms with Crippen LogP contribution in [0.1, 0.15) is 13.3 Å². The summed E-state index contributed by atoms with van der Waals surface area (Å²) in [6, 6.07) is 1.61. The summed E-state index contributed by atoms with van der Waals surface area (Å²) in [7, 11) is -2.02. The van der Waals surface area contributed by atoms with Gasteiger partial charge in [-0.25, -0.2) is 13.1 Å². The first-order valence-electron chi connectivity index (χ1n) is 4.84. The molecule has 0 aromatic carbocycles. The average Bonchev–Trinajstić information content (AvgIpc) is 2.64. The molecular weight excluding hydrogens is 248 g/mol. The molecule has 0 spiro atoms. The zero-order valence-electron chi connectivity index (χ0n) is 9.26. The van der Waals surface area contributed by atoms with Crippen LogP contribution in [0.3, 0.4) is 0 Å². The van der Waals surface area contributed by atoms with E-state index in [-0.39, 0.29) is 10.3 Å². The first-order valence-corrected chi connectivity index (χ1v) is 7.20. The maximum Gasteiger partial charge on any atom is 0.253 e. The van der Waals surface area contributed by atoms with Crippen molar-refractivity contribution in [3.8, 4) is 5.75 Å². The second-order valence-corrected chi connectivity index (χ2v) is 6.32. The van der Waals surface area contributed by atoms with Crippen molar-refractivity contribution in [1.82, 2.24) is 4.72 Å². The topological polar surface area (TPSA) is 81.4 Å². The molecule has 0 aliphatic heterocycles. The summed E-state index contributed by atoms with van der Waals surface area (Å²) < 4.78 is 31.3. The lowest BCUT2D eigenvalue weighted by molar-refractivity contribution is 0.406. The predicted molar refractivity (Wildman–Crippen MR) is 64.3 cm³/mol. The molecule has 0 aliphatic carbocycles. The summed E-state index contributed by atoms with van der Waals surface area (Å²) in [5.41, 5.74) is 5.54. The fourth-order valence-electron chi connectivity index (χ4n) is 1.12. The van der Waals surface area contributed by atoms with E-state index in [9.17, 15) is 8.42 Å². The lowest BCUT2D eigenvalue weighted by Gasteiger charge is -2.08. The largest absolute Gasteiger partial charge is 0.494 e. The number of nitrogens with one attached hydrogen (secondary N) is 1. The van der Waals surface area contributed by atoms with Crippen LogP contribution < -0.4 is 15.2 Å². The van der Waals surface area contributed by atoms with Gasteiger partial charge >= 0.3 is 0 Å². The molecule has 0 radical (unpaired) electrons. The van der Waals surface area contributed by atoms with Crippen molar-refractivity contribution in [2.75, 3.05) is 13.7 Å². The molecule has 0 fully saturated rings. The van der Waals surface area contributed by atoms with Crippen LogP contribution in [0, 0.1) is 0 Å². The quantitative estimate of drug-likeness (QED) is 0.795. The molecule has 1 aromatic rings. The van der Waals surface area contributed by atoms with Crippen molar-refractivity contribution >= 4 is 21.4 Å². The zero-order chi connectivity index (χ0) is 12.2. The summed E-state index contributed by atoms with van der Waals surface area (Å²) in [6.07, 6.45) is 0.604. The van der Waals surface area contributed by atoms with Gasteiger partial charge in [-0.2, -0.15) is 0 Å². The Hall–Kier alpha value is -0.630. The summed E-state index contributed by atoms with van der Waals surface area (Å²) >= 11 is 1.13. The summed E-state index contributed by atoms with van der Waals surface area (Å²) in [6.45, 7) is 2.17. The molecule has 0 aliphatic rings. The molecule has 16 heavy (non-hydrogen) atoms. The third kappa shape index (κ3) is 3.44. The van der Waals surface area contributed by atoms with Crippen molar-refractivity contribution < 1.29 is 13.2 Å². The minimum absolute atomic E-state index is 0.0204. The fraction of sp³-hybridized carbons (Fsp3) is 0.556. The molecule has 92 valence electrons. The lowest BCUT2D eigenvalue weighted by atomic mass is 10.3. The maximum atomic E-state index is 11.8. The van der Waals surface area contributed by atoms with Gasteiger partial charge in [0.25, 0.3) is 10.0 Å². The van der Waals surface area contributed by atoms with Gasteiger partial charge in [0.05, 0.1) is 7.11 Å². The molecule has 1 heterocycles. The van der Waals surface area contributed by atoms with E-state index in [0.29, 0.717) is 18.7 Å². The highest BCUT2D eigenvalue weighted by atomic mass is 32.2. The number of nitrogens with two attached hydrogens (primary N) is 1. The minimum atomic E-state index is -3.47. The molecule has 0 saturated heterocycles. The Balaban J connectivity index is 2.71. The second-order valence-electron chi connectivity index (χ2n) is 3.44. The Bertz CT molecular complexity index is 426. The highest BCUT2D eigenvalue weighted by Gasteiger charge is 2.20. The summed E-state index contributed by atoms with van der Waals surface area (Å²) in [5, 5.41) is 1.68. The minimum Gasteiger partial charge on any atom is -0.494 e. The fourth-order valence-corrected chi connectivity index (χ4v) is 3.48. The van der Waals surface area contributed by atoms with Gasteiger partial charge in [-0.1, -0.05) is 0 Å². The van der Waals surface area contributed by atoms with Gasteiger partial charge in [0.15, 0.2) is 4.21 Å². The average molecular weight is 264 g/mol. The van der Waals surface area contributed by atoms with Crippen LogP contribution in [0.25, 0.3) is 0 Å². The van der Waals surface area contributed by atoms with Crippen LogP contribution in [-0.4, -0.2) is 28.1 Å². The molecule has 0 bridgehead atoms. The highest BCUT2D eigenvalue weighted by Crippen LogP contribution is 2.28. The van der Waals surface area contributed by atoms with E-state index >= 15 is 0 Å².